The van der Waals surface area contributed by atoms with E-state index in [1.165, 1.54) is 29.5 Å². The average Bonchev–Trinajstić information content (AvgIpc) is 2.76. The monoisotopic (exact) mass is 278 g/mol. The van der Waals surface area contributed by atoms with Crippen molar-refractivity contribution >= 4 is 0 Å². The quantitative estimate of drug-likeness (QED) is 0.562. The summed E-state index contributed by atoms with van der Waals surface area (Å²) in [6, 6.07) is 15.7. The molecule has 0 aromatic heterocycles. The fraction of sp³-hybridized carbons (Fsp3) is 0.429. The van der Waals surface area contributed by atoms with Crippen molar-refractivity contribution in [1.82, 2.24) is 0 Å². The first-order valence-corrected chi connectivity index (χ1v) is 8.13. The minimum atomic E-state index is 0.417. The summed E-state index contributed by atoms with van der Waals surface area (Å²) in [5, 5.41) is 0. The number of hydrogen-bond donors (Lipinski definition) is 0. The molecule has 110 valence electrons. The molecule has 2 aromatic carbocycles. The molecule has 0 spiro atoms. The van der Waals surface area contributed by atoms with E-state index in [9.17, 15) is 0 Å². The lowest BCUT2D eigenvalue weighted by molar-refractivity contribution is 0.306. The zero-order chi connectivity index (χ0) is 15.0. The van der Waals surface area contributed by atoms with E-state index in [4.69, 9.17) is 0 Å². The molecule has 0 N–H and O–H groups in total. The molecular formula is C21H26. The van der Waals surface area contributed by atoms with Gasteiger partial charge >= 0.3 is 0 Å². The molecule has 0 heterocycles. The third kappa shape index (κ3) is 3.05. The highest BCUT2D eigenvalue weighted by Crippen LogP contribution is 2.39. The van der Waals surface area contributed by atoms with Crippen LogP contribution in [0.3, 0.4) is 0 Å². The van der Waals surface area contributed by atoms with Crippen molar-refractivity contribution in [3.63, 3.8) is 0 Å². The molecule has 0 saturated carbocycles. The molecule has 1 aliphatic carbocycles. The highest BCUT2D eigenvalue weighted by molar-refractivity contribution is 5.77. The van der Waals surface area contributed by atoms with E-state index in [2.05, 4.69) is 70.2 Å². The van der Waals surface area contributed by atoms with Gasteiger partial charge in [-0.3, -0.25) is 0 Å². The maximum Gasteiger partial charge on any atom is -0.00107 e. The van der Waals surface area contributed by atoms with Crippen LogP contribution in [-0.2, 0) is 12.8 Å². The van der Waals surface area contributed by atoms with Crippen LogP contribution in [0, 0.1) is 11.3 Å². The fourth-order valence-electron chi connectivity index (χ4n) is 3.91. The van der Waals surface area contributed by atoms with Crippen LogP contribution in [0.1, 0.15) is 50.8 Å². The van der Waals surface area contributed by atoms with Crippen molar-refractivity contribution in [2.24, 2.45) is 11.3 Å². The van der Waals surface area contributed by atoms with Crippen molar-refractivity contribution < 1.29 is 0 Å². The van der Waals surface area contributed by atoms with E-state index in [1.807, 2.05) is 0 Å². The largest absolute Gasteiger partial charge is 0.0622 e. The lowest BCUT2D eigenvalue weighted by atomic mass is 9.82. The Morgan fingerprint density at radius 2 is 1.67 bits per heavy atom. The van der Waals surface area contributed by atoms with Gasteiger partial charge in [0.25, 0.3) is 0 Å². The molecule has 0 amide bonds. The number of hydrogen-bond acceptors (Lipinski definition) is 0. The first kappa shape index (κ1) is 14.4. The molecule has 0 radical (unpaired) electrons. The van der Waals surface area contributed by atoms with E-state index >= 15 is 0 Å². The van der Waals surface area contributed by atoms with Gasteiger partial charge in [0, 0.05) is 0 Å². The van der Waals surface area contributed by atoms with E-state index in [-0.39, 0.29) is 0 Å². The second kappa shape index (κ2) is 5.33. The molecule has 2 aromatic rings. The Morgan fingerprint density at radius 3 is 2.43 bits per heavy atom. The summed E-state index contributed by atoms with van der Waals surface area (Å²) in [6.07, 6.45) is 3.60. The molecule has 3 rings (SSSR count). The van der Waals surface area contributed by atoms with Crippen LogP contribution < -0.4 is 0 Å². The van der Waals surface area contributed by atoms with Gasteiger partial charge < -0.3 is 0 Å². The summed E-state index contributed by atoms with van der Waals surface area (Å²) in [7, 11) is 0. The average molecular weight is 278 g/mol. The Kier molecular flexibility index (Phi) is 3.65. The van der Waals surface area contributed by atoms with E-state index in [1.54, 1.807) is 11.1 Å². The van der Waals surface area contributed by atoms with Crippen molar-refractivity contribution in [1.29, 1.82) is 0 Å². The van der Waals surface area contributed by atoms with Gasteiger partial charge in [0.05, 0.1) is 0 Å². The van der Waals surface area contributed by atoms with Gasteiger partial charge in [0.15, 0.2) is 0 Å². The van der Waals surface area contributed by atoms with Crippen LogP contribution in [0.4, 0.5) is 0 Å². The molecule has 1 aliphatic rings. The van der Waals surface area contributed by atoms with Gasteiger partial charge in [-0.05, 0) is 58.4 Å². The zero-order valence-corrected chi connectivity index (χ0v) is 13.7. The summed E-state index contributed by atoms with van der Waals surface area (Å²) >= 11 is 0. The first-order chi connectivity index (χ1) is 9.94. The van der Waals surface area contributed by atoms with E-state index < -0.39 is 0 Å². The Balaban J connectivity index is 1.87. The second-order valence-corrected chi connectivity index (χ2v) is 7.85. The predicted molar refractivity (Wildman–Crippen MR) is 91.6 cm³/mol. The van der Waals surface area contributed by atoms with Gasteiger partial charge in [0.1, 0.15) is 0 Å². The summed E-state index contributed by atoms with van der Waals surface area (Å²) < 4.78 is 0. The van der Waals surface area contributed by atoms with Crippen molar-refractivity contribution in [3.8, 4) is 11.1 Å². The molecule has 0 heteroatoms. The van der Waals surface area contributed by atoms with Crippen molar-refractivity contribution in [2.75, 3.05) is 0 Å². The summed E-state index contributed by atoms with van der Waals surface area (Å²) in [5.41, 5.74) is 7.94. The van der Waals surface area contributed by atoms with Crippen LogP contribution in [0.25, 0.3) is 11.1 Å². The SMILES string of the molecule is CC(Cc1cccc2c1Cc1ccccc1-2)CC(C)(C)C. The van der Waals surface area contributed by atoms with Crippen molar-refractivity contribution in [3.05, 3.63) is 59.2 Å². The standard InChI is InChI=1S/C21H26/c1-15(14-21(2,3)4)12-16-9-7-11-19-18-10-6-5-8-17(18)13-20(16)19/h5-11,15H,12-14H2,1-4H3. The molecule has 0 fully saturated rings. The third-order valence-electron chi connectivity index (χ3n) is 4.48. The number of benzene rings is 2. The van der Waals surface area contributed by atoms with Crippen LogP contribution in [0.5, 0.6) is 0 Å². The zero-order valence-electron chi connectivity index (χ0n) is 13.7. The molecule has 1 unspecified atom stereocenters. The number of fused-ring (bicyclic) bond motifs is 3. The fourth-order valence-corrected chi connectivity index (χ4v) is 3.91. The Hall–Kier alpha value is -1.56. The van der Waals surface area contributed by atoms with Gasteiger partial charge in [-0.25, -0.2) is 0 Å². The van der Waals surface area contributed by atoms with Gasteiger partial charge in [-0.15, -0.1) is 0 Å². The topological polar surface area (TPSA) is 0 Å². The van der Waals surface area contributed by atoms with E-state index in [0.717, 1.165) is 12.3 Å². The smallest absolute Gasteiger partial charge is 0.00107 e. The molecule has 0 aliphatic heterocycles. The number of rotatable bonds is 3. The molecule has 0 bridgehead atoms. The predicted octanol–water partition coefficient (Wildman–Crippen LogP) is 5.87. The molecule has 21 heavy (non-hydrogen) atoms. The summed E-state index contributed by atoms with van der Waals surface area (Å²) in [6.45, 7) is 9.42. The summed E-state index contributed by atoms with van der Waals surface area (Å²) in [5.74, 6) is 0.736. The van der Waals surface area contributed by atoms with Gasteiger partial charge in [0.2, 0.25) is 0 Å². The van der Waals surface area contributed by atoms with E-state index in [0.29, 0.717) is 5.41 Å². The van der Waals surface area contributed by atoms with Crippen LogP contribution in [0.15, 0.2) is 42.5 Å². The Labute approximate surface area is 129 Å². The highest BCUT2D eigenvalue weighted by atomic mass is 14.3. The Morgan fingerprint density at radius 1 is 0.952 bits per heavy atom. The summed E-state index contributed by atoms with van der Waals surface area (Å²) in [4.78, 5) is 0. The lowest BCUT2D eigenvalue weighted by Crippen LogP contribution is -2.13. The lowest BCUT2D eigenvalue weighted by Gasteiger charge is -2.24. The van der Waals surface area contributed by atoms with Crippen molar-refractivity contribution in [2.45, 2.75) is 47.0 Å². The maximum atomic E-state index is 2.40. The first-order valence-electron chi connectivity index (χ1n) is 8.13. The minimum absolute atomic E-state index is 0.417. The normalized spacial score (nSPS) is 14.7. The molecule has 0 nitrogen and oxygen atoms in total. The minimum Gasteiger partial charge on any atom is -0.0622 e. The molecule has 0 saturated heterocycles. The highest BCUT2D eigenvalue weighted by Gasteiger charge is 2.22. The molecule has 1 atom stereocenters. The van der Waals surface area contributed by atoms with Gasteiger partial charge in [-0.2, -0.15) is 0 Å². The third-order valence-corrected chi connectivity index (χ3v) is 4.48. The molecular weight excluding hydrogens is 252 g/mol. The van der Waals surface area contributed by atoms with Gasteiger partial charge in [-0.1, -0.05) is 70.2 Å². The Bertz CT molecular complexity index is 643. The van der Waals surface area contributed by atoms with Crippen LogP contribution in [0.2, 0.25) is 0 Å². The maximum absolute atomic E-state index is 2.40. The second-order valence-electron chi connectivity index (χ2n) is 7.85. The van der Waals surface area contributed by atoms with Crippen LogP contribution >= 0.6 is 0 Å². The van der Waals surface area contributed by atoms with Crippen LogP contribution in [-0.4, -0.2) is 0 Å².